The first kappa shape index (κ1) is 18.4. The van der Waals surface area contributed by atoms with E-state index >= 15 is 0 Å². The number of carbonyl (C=O) groups excluding carboxylic acids is 1. The highest BCUT2D eigenvalue weighted by atomic mass is 79.9. The molecule has 2 heterocycles. The van der Waals surface area contributed by atoms with Gasteiger partial charge in [-0.3, -0.25) is 20.0 Å². The highest BCUT2D eigenvalue weighted by Crippen LogP contribution is 2.33. The van der Waals surface area contributed by atoms with E-state index in [1.54, 1.807) is 25.4 Å². The van der Waals surface area contributed by atoms with Gasteiger partial charge in [0.05, 0.1) is 17.8 Å². The van der Waals surface area contributed by atoms with Crippen molar-refractivity contribution in [1.82, 2.24) is 9.58 Å². The number of hydrogen-bond donors (Lipinski definition) is 1. The summed E-state index contributed by atoms with van der Waals surface area (Å²) >= 11 is 3.23. The first-order valence-electron chi connectivity index (χ1n) is 8.73. The largest absolute Gasteiger partial charge is 0.318 e. The van der Waals surface area contributed by atoms with Crippen molar-refractivity contribution in [2.75, 3.05) is 12.0 Å². The topological polar surface area (TPSA) is 54.3 Å². The number of aryl methyl sites for hydroxylation is 1. The fourth-order valence-corrected chi connectivity index (χ4v) is 3.75. The molecule has 0 fully saturated rings. The third-order valence-corrected chi connectivity index (χ3v) is 5.36. The summed E-state index contributed by atoms with van der Waals surface area (Å²) in [5.41, 5.74) is 5.02. The molecule has 2 aromatic carbocycles. The van der Waals surface area contributed by atoms with E-state index < -0.39 is 5.82 Å². The minimum atomic E-state index is -0.468. The number of hydrogen-bond acceptors (Lipinski definition) is 3. The highest BCUT2D eigenvalue weighted by Gasteiger charge is 2.33. The van der Waals surface area contributed by atoms with Crippen LogP contribution in [-0.4, -0.2) is 22.0 Å². The molecule has 5 nitrogen and oxygen atoms in total. The second-order valence-corrected chi connectivity index (χ2v) is 7.62. The minimum Gasteiger partial charge on any atom is -0.318 e. The first-order valence-corrected chi connectivity index (χ1v) is 9.52. The Balaban J connectivity index is 1.78. The molecule has 0 radical (unpaired) electrons. The Bertz CT molecular complexity index is 1110. The molecule has 7 heteroatoms. The lowest BCUT2D eigenvalue weighted by Gasteiger charge is -2.35. The molecule has 0 aliphatic carbocycles. The summed E-state index contributed by atoms with van der Waals surface area (Å²) in [6.45, 7) is 0.276. The minimum absolute atomic E-state index is 0.173. The molecule has 0 bridgehead atoms. The quantitative estimate of drug-likeness (QED) is 0.670. The zero-order valence-electron chi connectivity index (χ0n) is 15.0. The van der Waals surface area contributed by atoms with E-state index in [-0.39, 0.29) is 29.6 Å². The van der Waals surface area contributed by atoms with E-state index in [1.807, 2.05) is 30.3 Å². The predicted octanol–water partition coefficient (Wildman–Crippen LogP) is 3.90. The van der Waals surface area contributed by atoms with Crippen molar-refractivity contribution in [3.05, 3.63) is 98.1 Å². The Hall–Kier alpha value is -2.93. The predicted molar refractivity (Wildman–Crippen MR) is 109 cm³/mol. The smallest absolute Gasteiger partial charge is 0.274 e. The summed E-state index contributed by atoms with van der Waals surface area (Å²) in [4.78, 5) is 25.2. The van der Waals surface area contributed by atoms with Crippen molar-refractivity contribution in [3.63, 3.8) is 0 Å². The number of benzene rings is 2. The zero-order chi connectivity index (χ0) is 19.8. The first-order chi connectivity index (χ1) is 13.4. The van der Waals surface area contributed by atoms with Crippen molar-refractivity contribution in [2.24, 2.45) is 7.05 Å². The number of anilines is 1. The summed E-state index contributed by atoms with van der Waals surface area (Å²) < 4.78 is 16.3. The van der Waals surface area contributed by atoms with Crippen LogP contribution in [-0.2, 0) is 7.05 Å². The molecular formula is C21H17BrFN3O2. The lowest BCUT2D eigenvalue weighted by atomic mass is 9.86. The molecule has 28 heavy (non-hydrogen) atoms. The van der Waals surface area contributed by atoms with E-state index in [0.717, 1.165) is 5.56 Å². The van der Waals surface area contributed by atoms with Crippen LogP contribution in [0.5, 0.6) is 0 Å². The number of aromatic nitrogens is 1. The Labute approximate surface area is 169 Å². The standard InChI is InChI=1S/C21H17BrFN3O2/c1-25-11-17-15(10-20(25)27)16(13-5-3-2-4-6-13)12-26(21(17)28)24-19-8-7-14(22)9-18(19)23/h2-11,16,24H,12H2,1H3. The Kier molecular flexibility index (Phi) is 4.77. The third kappa shape index (κ3) is 3.33. The van der Waals surface area contributed by atoms with Gasteiger partial charge in [-0.2, -0.15) is 0 Å². The van der Waals surface area contributed by atoms with E-state index in [1.165, 1.54) is 21.7 Å². The van der Waals surface area contributed by atoms with E-state index in [9.17, 15) is 14.0 Å². The van der Waals surface area contributed by atoms with Crippen molar-refractivity contribution < 1.29 is 9.18 Å². The third-order valence-electron chi connectivity index (χ3n) is 4.86. The lowest BCUT2D eigenvalue weighted by Crippen LogP contribution is -2.45. The number of carbonyl (C=O) groups is 1. The van der Waals surface area contributed by atoms with Gasteiger partial charge in [0.15, 0.2) is 0 Å². The molecule has 142 valence electrons. The van der Waals surface area contributed by atoms with Gasteiger partial charge in [0, 0.05) is 29.7 Å². The van der Waals surface area contributed by atoms with Gasteiger partial charge in [-0.05, 0) is 29.3 Å². The van der Waals surface area contributed by atoms with Gasteiger partial charge in [-0.15, -0.1) is 0 Å². The average Bonchev–Trinajstić information content (AvgIpc) is 2.68. The average molecular weight is 442 g/mol. The number of amides is 1. The maximum atomic E-state index is 14.3. The summed E-state index contributed by atoms with van der Waals surface area (Å²) in [6, 6.07) is 15.8. The van der Waals surface area contributed by atoms with Crippen LogP contribution in [0.3, 0.4) is 0 Å². The molecule has 0 saturated carbocycles. The maximum Gasteiger partial charge on any atom is 0.274 e. The normalized spacial score (nSPS) is 16.0. The van der Waals surface area contributed by atoms with Crippen molar-refractivity contribution in [3.8, 4) is 0 Å². The summed E-state index contributed by atoms with van der Waals surface area (Å²) in [5, 5.41) is 1.40. The molecule has 4 rings (SSSR count). The van der Waals surface area contributed by atoms with Crippen LogP contribution < -0.4 is 11.0 Å². The second-order valence-electron chi connectivity index (χ2n) is 6.71. The summed E-state index contributed by atoms with van der Waals surface area (Å²) in [7, 11) is 1.61. The molecule has 1 aliphatic heterocycles. The van der Waals surface area contributed by atoms with Crippen LogP contribution in [0.2, 0.25) is 0 Å². The SMILES string of the molecule is Cn1cc2c(cc1=O)C(c1ccccc1)CN(Nc1ccc(Br)cc1F)C2=O. The van der Waals surface area contributed by atoms with Gasteiger partial charge in [-0.1, -0.05) is 46.3 Å². The maximum absolute atomic E-state index is 14.3. The monoisotopic (exact) mass is 441 g/mol. The highest BCUT2D eigenvalue weighted by molar-refractivity contribution is 9.10. The Morgan fingerprint density at radius 3 is 2.57 bits per heavy atom. The lowest BCUT2D eigenvalue weighted by molar-refractivity contribution is 0.0768. The molecule has 1 unspecified atom stereocenters. The molecule has 0 saturated heterocycles. The summed E-state index contributed by atoms with van der Waals surface area (Å²) in [5.74, 6) is -0.974. The number of nitrogens with zero attached hydrogens (tertiary/aromatic N) is 2. The van der Waals surface area contributed by atoms with Crippen molar-refractivity contribution >= 4 is 27.5 Å². The Morgan fingerprint density at radius 1 is 1.11 bits per heavy atom. The van der Waals surface area contributed by atoms with Crippen LogP contribution in [0, 0.1) is 5.82 Å². The number of nitrogens with one attached hydrogen (secondary N) is 1. The second kappa shape index (κ2) is 7.24. The molecule has 1 aromatic heterocycles. The van der Waals surface area contributed by atoms with Crippen LogP contribution in [0.15, 0.2) is 70.1 Å². The fourth-order valence-electron chi connectivity index (χ4n) is 3.41. The number of hydrazine groups is 1. The molecule has 1 aliphatic rings. The number of halogens is 2. The van der Waals surface area contributed by atoms with E-state index in [0.29, 0.717) is 15.6 Å². The zero-order valence-corrected chi connectivity index (χ0v) is 16.6. The van der Waals surface area contributed by atoms with E-state index in [2.05, 4.69) is 21.4 Å². The number of rotatable bonds is 3. The summed E-state index contributed by atoms with van der Waals surface area (Å²) in [6.07, 6.45) is 1.54. The molecular weight excluding hydrogens is 425 g/mol. The molecule has 1 N–H and O–H groups in total. The van der Waals surface area contributed by atoms with Gasteiger partial charge in [-0.25, -0.2) is 4.39 Å². The molecule has 1 atom stereocenters. The number of fused-ring (bicyclic) bond motifs is 1. The number of pyridine rings is 1. The molecule has 0 spiro atoms. The van der Waals surface area contributed by atoms with Crippen LogP contribution in [0.25, 0.3) is 0 Å². The van der Waals surface area contributed by atoms with Gasteiger partial charge in [0.2, 0.25) is 0 Å². The van der Waals surface area contributed by atoms with E-state index in [4.69, 9.17) is 0 Å². The van der Waals surface area contributed by atoms with Crippen molar-refractivity contribution in [2.45, 2.75) is 5.92 Å². The molecule has 1 amide bonds. The van der Waals surface area contributed by atoms with Gasteiger partial charge in [0.25, 0.3) is 11.5 Å². The van der Waals surface area contributed by atoms with Crippen LogP contribution >= 0.6 is 15.9 Å². The van der Waals surface area contributed by atoms with Gasteiger partial charge in [0.1, 0.15) is 5.82 Å². The van der Waals surface area contributed by atoms with Crippen LogP contribution in [0.1, 0.15) is 27.4 Å². The van der Waals surface area contributed by atoms with Crippen LogP contribution in [0.4, 0.5) is 10.1 Å². The molecule has 3 aromatic rings. The van der Waals surface area contributed by atoms with Crippen molar-refractivity contribution in [1.29, 1.82) is 0 Å². The van der Waals surface area contributed by atoms with Gasteiger partial charge >= 0.3 is 0 Å². The Morgan fingerprint density at radius 2 is 1.86 bits per heavy atom. The van der Waals surface area contributed by atoms with Gasteiger partial charge < -0.3 is 4.57 Å². The fraction of sp³-hybridized carbons (Fsp3) is 0.143.